The Labute approximate surface area is 185 Å². The van der Waals surface area contributed by atoms with Crippen LogP contribution in [0.15, 0.2) is 65.0 Å². The Bertz CT molecular complexity index is 1190. The van der Waals surface area contributed by atoms with Gasteiger partial charge in [-0.25, -0.2) is 13.4 Å². The number of thiazole rings is 1. The molecule has 0 unspecified atom stereocenters. The second kappa shape index (κ2) is 8.98. The van der Waals surface area contributed by atoms with E-state index in [1.165, 1.54) is 28.6 Å². The van der Waals surface area contributed by atoms with Gasteiger partial charge in [0.1, 0.15) is 5.01 Å². The minimum atomic E-state index is -3.63. The zero-order valence-electron chi connectivity index (χ0n) is 16.6. The number of nitrogens with zero attached hydrogens (tertiary/aromatic N) is 3. The first kappa shape index (κ1) is 21.2. The Morgan fingerprint density at radius 1 is 1.10 bits per heavy atom. The highest BCUT2D eigenvalue weighted by Crippen LogP contribution is 2.26. The maximum Gasteiger partial charge on any atom is 0.243 e. The fourth-order valence-electron chi connectivity index (χ4n) is 3.52. The molecule has 7 nitrogen and oxygen atoms in total. The van der Waals surface area contributed by atoms with Gasteiger partial charge in [-0.15, -0.1) is 11.3 Å². The van der Waals surface area contributed by atoms with Crippen molar-refractivity contribution in [3.8, 4) is 16.6 Å². The number of hydrogen-bond donors (Lipinski definition) is 1. The van der Waals surface area contributed by atoms with Crippen LogP contribution in [0.2, 0.25) is 0 Å². The van der Waals surface area contributed by atoms with Gasteiger partial charge in [-0.3, -0.25) is 4.79 Å². The Morgan fingerprint density at radius 2 is 1.77 bits per heavy atom. The Morgan fingerprint density at radius 3 is 2.35 bits per heavy atom. The van der Waals surface area contributed by atoms with E-state index in [1.807, 2.05) is 35.7 Å². The molecule has 31 heavy (non-hydrogen) atoms. The molecular weight excluding hydrogens is 432 g/mol. The topological polar surface area (TPSA) is 103 Å². The summed E-state index contributed by atoms with van der Waals surface area (Å²) in [5, 5.41) is 14.6. The van der Waals surface area contributed by atoms with Crippen molar-refractivity contribution in [3.05, 3.63) is 65.7 Å². The molecule has 2 heterocycles. The molecular formula is C22H20N4O3S2. The largest absolute Gasteiger partial charge is 0.326 e. The molecule has 0 radical (unpaired) electrons. The minimum Gasteiger partial charge on any atom is -0.326 e. The van der Waals surface area contributed by atoms with Crippen molar-refractivity contribution in [1.29, 1.82) is 5.26 Å². The molecule has 1 aliphatic rings. The van der Waals surface area contributed by atoms with Crippen LogP contribution in [-0.2, 0) is 14.8 Å². The third kappa shape index (κ3) is 4.66. The van der Waals surface area contributed by atoms with Crippen LogP contribution < -0.4 is 5.32 Å². The Balaban J connectivity index is 1.34. The van der Waals surface area contributed by atoms with E-state index in [9.17, 15) is 13.2 Å². The molecule has 1 fully saturated rings. The maximum absolute atomic E-state index is 12.8. The minimum absolute atomic E-state index is 0.0996. The van der Waals surface area contributed by atoms with E-state index in [2.05, 4.69) is 10.3 Å². The number of rotatable bonds is 5. The molecule has 1 saturated heterocycles. The second-order valence-corrected chi connectivity index (χ2v) is 10.1. The highest BCUT2D eigenvalue weighted by atomic mass is 32.2. The first-order valence-electron chi connectivity index (χ1n) is 9.78. The molecule has 1 aliphatic heterocycles. The van der Waals surface area contributed by atoms with Crippen molar-refractivity contribution < 1.29 is 13.2 Å². The molecule has 0 atom stereocenters. The van der Waals surface area contributed by atoms with Crippen LogP contribution in [0.5, 0.6) is 0 Å². The standard InChI is InChI=1S/C22H20N4O3S2/c23-15-16-1-7-20(8-2-16)31(28,29)26-12-9-17(10-13-26)21(27)25-19-5-3-18(4-6-19)22-24-11-14-30-22/h1-8,11,14,17H,9-10,12-13H2,(H,25,27). The van der Waals surface area contributed by atoms with E-state index < -0.39 is 10.0 Å². The van der Waals surface area contributed by atoms with Crippen LogP contribution in [0.3, 0.4) is 0 Å². The summed E-state index contributed by atoms with van der Waals surface area (Å²) in [6.07, 6.45) is 2.67. The van der Waals surface area contributed by atoms with Crippen LogP contribution in [0.1, 0.15) is 18.4 Å². The second-order valence-electron chi connectivity index (χ2n) is 7.22. The molecule has 1 aromatic heterocycles. The van der Waals surface area contributed by atoms with Crippen LogP contribution in [0.25, 0.3) is 10.6 Å². The number of anilines is 1. The highest BCUT2D eigenvalue weighted by molar-refractivity contribution is 7.89. The van der Waals surface area contributed by atoms with Gasteiger partial charge >= 0.3 is 0 Å². The number of hydrogen-bond acceptors (Lipinski definition) is 6. The smallest absolute Gasteiger partial charge is 0.243 e. The predicted molar refractivity (Wildman–Crippen MR) is 119 cm³/mol. The van der Waals surface area contributed by atoms with Crippen molar-refractivity contribution in [1.82, 2.24) is 9.29 Å². The highest BCUT2D eigenvalue weighted by Gasteiger charge is 2.32. The van der Waals surface area contributed by atoms with Crippen LogP contribution in [0, 0.1) is 17.2 Å². The van der Waals surface area contributed by atoms with Crippen LogP contribution in [0.4, 0.5) is 5.69 Å². The predicted octanol–water partition coefficient (Wildman–Crippen LogP) is 3.72. The molecule has 2 aromatic carbocycles. The van der Waals surface area contributed by atoms with E-state index in [-0.39, 0.29) is 29.8 Å². The Hall–Kier alpha value is -3.06. The number of sulfonamides is 1. The summed E-state index contributed by atoms with van der Waals surface area (Å²) in [6, 6.07) is 15.4. The molecule has 1 N–H and O–H groups in total. The quantitative estimate of drug-likeness (QED) is 0.635. The molecule has 1 amide bonds. The van der Waals surface area contributed by atoms with Crippen molar-refractivity contribution in [2.24, 2.45) is 5.92 Å². The summed E-state index contributed by atoms with van der Waals surface area (Å²) in [4.78, 5) is 17.1. The maximum atomic E-state index is 12.8. The van der Waals surface area contributed by atoms with E-state index in [1.54, 1.807) is 17.5 Å². The summed E-state index contributed by atoms with van der Waals surface area (Å²) < 4.78 is 27.0. The number of nitriles is 1. The lowest BCUT2D eigenvalue weighted by Crippen LogP contribution is -2.41. The van der Waals surface area contributed by atoms with Crippen LogP contribution in [-0.4, -0.2) is 36.7 Å². The fraction of sp³-hybridized carbons (Fsp3) is 0.227. The van der Waals surface area contributed by atoms with Crippen molar-refractivity contribution in [3.63, 3.8) is 0 Å². The van der Waals surface area contributed by atoms with Crippen LogP contribution >= 0.6 is 11.3 Å². The monoisotopic (exact) mass is 452 g/mol. The third-order valence-electron chi connectivity index (χ3n) is 5.28. The summed E-state index contributed by atoms with van der Waals surface area (Å²) >= 11 is 1.55. The van der Waals surface area contributed by atoms with Crippen molar-refractivity contribution in [2.45, 2.75) is 17.7 Å². The van der Waals surface area contributed by atoms with Crippen molar-refractivity contribution >= 4 is 33.0 Å². The number of piperidine rings is 1. The summed E-state index contributed by atoms with van der Waals surface area (Å²) in [5.41, 5.74) is 2.11. The molecule has 3 aromatic rings. The lowest BCUT2D eigenvalue weighted by molar-refractivity contribution is -0.120. The van der Waals surface area contributed by atoms with Gasteiger partial charge in [0.15, 0.2) is 0 Å². The summed E-state index contributed by atoms with van der Waals surface area (Å²) in [5.74, 6) is -0.344. The number of aromatic nitrogens is 1. The van der Waals surface area contributed by atoms with Crippen molar-refractivity contribution in [2.75, 3.05) is 18.4 Å². The van der Waals surface area contributed by atoms with Gasteiger partial charge in [0.25, 0.3) is 0 Å². The van der Waals surface area contributed by atoms with E-state index >= 15 is 0 Å². The summed E-state index contributed by atoms with van der Waals surface area (Å²) in [6.45, 7) is 0.562. The van der Waals surface area contributed by atoms with E-state index in [0.29, 0.717) is 24.1 Å². The normalized spacial score (nSPS) is 15.3. The zero-order valence-corrected chi connectivity index (χ0v) is 18.2. The third-order valence-corrected chi connectivity index (χ3v) is 8.01. The number of nitrogens with one attached hydrogen (secondary N) is 1. The first-order chi connectivity index (χ1) is 15.0. The van der Waals surface area contributed by atoms with Gasteiger partial charge in [0, 0.05) is 41.8 Å². The number of amides is 1. The molecule has 0 aliphatic carbocycles. The van der Waals surface area contributed by atoms with Gasteiger partial charge in [-0.2, -0.15) is 9.57 Å². The van der Waals surface area contributed by atoms with Gasteiger partial charge in [-0.05, 0) is 61.4 Å². The molecule has 0 spiro atoms. The lowest BCUT2D eigenvalue weighted by atomic mass is 9.97. The van der Waals surface area contributed by atoms with Gasteiger partial charge in [0.05, 0.1) is 16.5 Å². The van der Waals surface area contributed by atoms with Gasteiger partial charge in [0.2, 0.25) is 15.9 Å². The first-order valence-corrected chi connectivity index (χ1v) is 12.1. The van der Waals surface area contributed by atoms with E-state index in [4.69, 9.17) is 5.26 Å². The average Bonchev–Trinajstić information content (AvgIpc) is 3.35. The van der Waals surface area contributed by atoms with E-state index in [0.717, 1.165) is 10.6 Å². The molecule has 158 valence electrons. The average molecular weight is 453 g/mol. The fourth-order valence-corrected chi connectivity index (χ4v) is 5.63. The molecule has 0 saturated carbocycles. The summed E-state index contributed by atoms with van der Waals surface area (Å²) in [7, 11) is -3.63. The Kier molecular flexibility index (Phi) is 6.13. The number of benzene rings is 2. The number of carbonyl (C=O) groups excluding carboxylic acids is 1. The number of carbonyl (C=O) groups is 1. The lowest BCUT2D eigenvalue weighted by Gasteiger charge is -2.30. The SMILES string of the molecule is N#Cc1ccc(S(=O)(=O)N2CCC(C(=O)Nc3ccc(-c4nccs4)cc3)CC2)cc1. The zero-order chi connectivity index (χ0) is 21.8. The molecule has 9 heteroatoms. The van der Waals surface area contributed by atoms with Gasteiger partial charge in [-0.1, -0.05) is 0 Å². The van der Waals surface area contributed by atoms with Gasteiger partial charge < -0.3 is 5.32 Å². The molecule has 4 rings (SSSR count). The molecule has 0 bridgehead atoms.